The highest BCUT2D eigenvalue weighted by molar-refractivity contribution is 5.81. The van der Waals surface area contributed by atoms with E-state index in [1.165, 1.54) is 0 Å². The fourth-order valence-corrected chi connectivity index (χ4v) is 2.05. The van der Waals surface area contributed by atoms with Gasteiger partial charge in [-0.05, 0) is 12.5 Å². The van der Waals surface area contributed by atoms with Crippen LogP contribution in [-0.4, -0.2) is 9.78 Å². The van der Waals surface area contributed by atoms with Crippen LogP contribution in [0.4, 0.5) is 5.69 Å². The summed E-state index contributed by atoms with van der Waals surface area (Å²) in [4.78, 5) is 0. The lowest BCUT2D eigenvalue weighted by Gasteiger charge is -2.06. The number of nitrogens with two attached hydrogens (primary N) is 1. The summed E-state index contributed by atoms with van der Waals surface area (Å²) in [5, 5.41) is 13.4. The molecule has 0 saturated carbocycles. The van der Waals surface area contributed by atoms with E-state index in [4.69, 9.17) is 11.0 Å². The van der Waals surface area contributed by atoms with Crippen molar-refractivity contribution in [2.24, 2.45) is 7.05 Å². The van der Waals surface area contributed by atoms with Crippen LogP contribution in [0.1, 0.15) is 18.3 Å². The molecule has 1 aromatic carbocycles. The molecule has 0 aliphatic rings. The van der Waals surface area contributed by atoms with Crippen LogP contribution in [0.3, 0.4) is 0 Å². The van der Waals surface area contributed by atoms with E-state index >= 15 is 0 Å². The number of benzene rings is 1. The molecule has 4 nitrogen and oxygen atoms in total. The molecule has 17 heavy (non-hydrogen) atoms. The summed E-state index contributed by atoms with van der Waals surface area (Å²) in [5.41, 5.74) is 9.84. The van der Waals surface area contributed by atoms with Crippen molar-refractivity contribution in [3.05, 3.63) is 35.7 Å². The smallest absolute Gasteiger partial charge is 0.170 e. The third kappa shape index (κ3) is 1.76. The minimum atomic E-state index is 0.433. The maximum absolute atomic E-state index is 9.14. The van der Waals surface area contributed by atoms with Gasteiger partial charge in [-0.2, -0.15) is 10.4 Å². The van der Waals surface area contributed by atoms with Crippen molar-refractivity contribution in [1.82, 2.24) is 9.78 Å². The molecule has 2 aromatic rings. The van der Waals surface area contributed by atoms with Crippen LogP contribution >= 0.6 is 0 Å². The molecular weight excluding hydrogens is 212 g/mol. The molecule has 4 heteroatoms. The predicted octanol–water partition coefficient (Wildman–Crippen LogP) is 2.10. The number of nitrogens with zero attached hydrogens (tertiary/aromatic N) is 3. The van der Waals surface area contributed by atoms with E-state index in [1.54, 1.807) is 4.68 Å². The topological polar surface area (TPSA) is 67.6 Å². The Kier molecular flexibility index (Phi) is 2.84. The fraction of sp³-hybridized carbons (Fsp3) is 0.231. The molecule has 2 rings (SSSR count). The number of hydrogen-bond donors (Lipinski definition) is 1. The van der Waals surface area contributed by atoms with E-state index in [0.29, 0.717) is 11.4 Å². The van der Waals surface area contributed by atoms with Gasteiger partial charge in [0.15, 0.2) is 5.69 Å². The fourth-order valence-electron chi connectivity index (χ4n) is 2.05. The van der Waals surface area contributed by atoms with Gasteiger partial charge < -0.3 is 5.73 Å². The quantitative estimate of drug-likeness (QED) is 0.797. The highest BCUT2D eigenvalue weighted by atomic mass is 15.3. The van der Waals surface area contributed by atoms with Crippen molar-refractivity contribution in [2.75, 3.05) is 5.73 Å². The normalized spacial score (nSPS) is 10.2. The lowest BCUT2D eigenvalue weighted by molar-refractivity contribution is 0.715. The van der Waals surface area contributed by atoms with Crippen LogP contribution in [0, 0.1) is 11.3 Å². The number of aryl methyl sites for hydroxylation is 1. The molecule has 0 bridgehead atoms. The lowest BCUT2D eigenvalue weighted by atomic mass is 10.0. The monoisotopic (exact) mass is 226 g/mol. The Morgan fingerprint density at radius 3 is 2.71 bits per heavy atom. The molecular formula is C13H14N4. The molecule has 0 aliphatic heterocycles. The Morgan fingerprint density at radius 1 is 1.41 bits per heavy atom. The van der Waals surface area contributed by atoms with Gasteiger partial charge in [-0.3, -0.25) is 4.68 Å². The highest BCUT2D eigenvalue weighted by Gasteiger charge is 2.17. The van der Waals surface area contributed by atoms with Gasteiger partial charge >= 0.3 is 0 Å². The maximum atomic E-state index is 9.14. The standard InChI is InChI=1S/C13H14N4/c1-3-12-13(11(8-14)16-17(12)2)9-6-4-5-7-10(9)15/h4-7H,3,15H2,1-2H3. The first kappa shape index (κ1) is 11.2. The van der Waals surface area contributed by atoms with E-state index in [2.05, 4.69) is 11.2 Å². The summed E-state index contributed by atoms with van der Waals surface area (Å²) in [7, 11) is 1.85. The van der Waals surface area contributed by atoms with Crippen LogP contribution in [0.15, 0.2) is 24.3 Å². The van der Waals surface area contributed by atoms with Crippen molar-refractivity contribution in [3.63, 3.8) is 0 Å². The van der Waals surface area contributed by atoms with Gasteiger partial charge in [0, 0.05) is 29.6 Å². The van der Waals surface area contributed by atoms with Crippen LogP contribution in [0.2, 0.25) is 0 Å². The zero-order valence-electron chi connectivity index (χ0n) is 9.94. The predicted molar refractivity (Wildman–Crippen MR) is 67.1 cm³/mol. The van der Waals surface area contributed by atoms with Crippen LogP contribution in [-0.2, 0) is 13.5 Å². The first-order valence-electron chi connectivity index (χ1n) is 5.49. The largest absolute Gasteiger partial charge is 0.398 e. The Balaban J connectivity index is 2.75. The number of rotatable bonds is 2. The van der Waals surface area contributed by atoms with Gasteiger partial charge in [-0.1, -0.05) is 25.1 Å². The number of aromatic nitrogens is 2. The maximum Gasteiger partial charge on any atom is 0.170 e. The molecule has 0 spiro atoms. The summed E-state index contributed by atoms with van der Waals surface area (Å²) >= 11 is 0. The second-order valence-electron chi connectivity index (χ2n) is 3.85. The third-order valence-corrected chi connectivity index (χ3v) is 2.84. The third-order valence-electron chi connectivity index (χ3n) is 2.84. The van der Waals surface area contributed by atoms with Gasteiger partial charge in [-0.25, -0.2) is 0 Å². The second-order valence-corrected chi connectivity index (χ2v) is 3.85. The van der Waals surface area contributed by atoms with Gasteiger partial charge in [-0.15, -0.1) is 0 Å². The Bertz CT molecular complexity index is 590. The number of nitriles is 1. The van der Waals surface area contributed by atoms with Crippen molar-refractivity contribution >= 4 is 5.69 Å². The molecule has 0 saturated heterocycles. The average Bonchev–Trinajstić information content (AvgIpc) is 2.66. The van der Waals surface area contributed by atoms with E-state index in [1.807, 2.05) is 38.2 Å². The van der Waals surface area contributed by atoms with Gasteiger partial charge in [0.05, 0.1) is 0 Å². The molecule has 0 aliphatic carbocycles. The van der Waals surface area contributed by atoms with Crippen molar-refractivity contribution in [3.8, 4) is 17.2 Å². The summed E-state index contributed by atoms with van der Waals surface area (Å²) in [5.74, 6) is 0. The molecule has 86 valence electrons. The zero-order chi connectivity index (χ0) is 12.4. The number of nitrogen functional groups attached to an aromatic ring is 1. The summed E-state index contributed by atoms with van der Waals surface area (Å²) < 4.78 is 1.75. The molecule has 1 heterocycles. The highest BCUT2D eigenvalue weighted by Crippen LogP contribution is 2.31. The van der Waals surface area contributed by atoms with Gasteiger partial charge in [0.1, 0.15) is 6.07 Å². The number of hydrogen-bond acceptors (Lipinski definition) is 3. The molecule has 0 fully saturated rings. The molecule has 0 amide bonds. The van der Waals surface area contributed by atoms with Crippen molar-refractivity contribution < 1.29 is 0 Å². The van der Waals surface area contributed by atoms with E-state index in [-0.39, 0.29) is 0 Å². The van der Waals surface area contributed by atoms with Crippen LogP contribution in [0.5, 0.6) is 0 Å². The molecule has 0 unspecified atom stereocenters. The van der Waals surface area contributed by atoms with E-state index in [0.717, 1.165) is 23.2 Å². The summed E-state index contributed by atoms with van der Waals surface area (Å²) in [6.45, 7) is 2.04. The van der Waals surface area contributed by atoms with E-state index < -0.39 is 0 Å². The average molecular weight is 226 g/mol. The first-order chi connectivity index (χ1) is 8.19. The molecule has 0 radical (unpaired) electrons. The molecule has 1 aromatic heterocycles. The molecule has 0 atom stereocenters. The molecule has 2 N–H and O–H groups in total. The minimum Gasteiger partial charge on any atom is -0.398 e. The zero-order valence-corrected chi connectivity index (χ0v) is 9.94. The van der Waals surface area contributed by atoms with Crippen LogP contribution in [0.25, 0.3) is 11.1 Å². The van der Waals surface area contributed by atoms with Crippen molar-refractivity contribution in [1.29, 1.82) is 5.26 Å². The second kappa shape index (κ2) is 4.30. The first-order valence-corrected chi connectivity index (χ1v) is 5.49. The Morgan fingerprint density at radius 2 is 2.12 bits per heavy atom. The number of para-hydroxylation sites is 1. The van der Waals surface area contributed by atoms with E-state index in [9.17, 15) is 0 Å². The Hall–Kier alpha value is -2.28. The lowest BCUT2D eigenvalue weighted by Crippen LogP contribution is -1.98. The Labute approximate surface area is 100 Å². The number of anilines is 1. The van der Waals surface area contributed by atoms with Crippen molar-refractivity contribution in [2.45, 2.75) is 13.3 Å². The van der Waals surface area contributed by atoms with Gasteiger partial charge in [0.25, 0.3) is 0 Å². The summed E-state index contributed by atoms with van der Waals surface area (Å²) in [6, 6.07) is 9.69. The SMILES string of the molecule is CCc1c(-c2ccccc2N)c(C#N)nn1C. The van der Waals surface area contributed by atoms with Gasteiger partial charge in [0.2, 0.25) is 0 Å². The van der Waals surface area contributed by atoms with Crippen LogP contribution < -0.4 is 5.73 Å². The summed E-state index contributed by atoms with van der Waals surface area (Å²) in [6.07, 6.45) is 0.814. The minimum absolute atomic E-state index is 0.433.